The van der Waals surface area contributed by atoms with Crippen LogP contribution >= 0.6 is 11.3 Å². The number of benzene rings is 1. The molecule has 142 valence electrons. The van der Waals surface area contributed by atoms with Crippen molar-refractivity contribution in [1.29, 1.82) is 0 Å². The molecule has 0 saturated carbocycles. The van der Waals surface area contributed by atoms with E-state index in [1.165, 1.54) is 16.9 Å². The van der Waals surface area contributed by atoms with Gasteiger partial charge in [0.2, 0.25) is 0 Å². The third kappa shape index (κ3) is 4.03. The lowest BCUT2D eigenvalue weighted by molar-refractivity contribution is -0.150. The molecule has 0 radical (unpaired) electrons. The van der Waals surface area contributed by atoms with Crippen molar-refractivity contribution in [3.8, 4) is 0 Å². The first-order valence-corrected chi connectivity index (χ1v) is 9.62. The van der Waals surface area contributed by atoms with Gasteiger partial charge >= 0.3 is 17.8 Å². The van der Waals surface area contributed by atoms with Crippen LogP contribution in [-0.4, -0.2) is 31.6 Å². The molecule has 0 fully saturated rings. The van der Waals surface area contributed by atoms with E-state index in [9.17, 15) is 14.4 Å². The Morgan fingerprint density at radius 1 is 1.22 bits per heavy atom. The number of hydrogen-bond donors (Lipinski definition) is 1. The summed E-state index contributed by atoms with van der Waals surface area (Å²) < 4.78 is 9.62. The van der Waals surface area contributed by atoms with Crippen molar-refractivity contribution in [2.45, 2.75) is 32.1 Å². The van der Waals surface area contributed by atoms with Gasteiger partial charge in [0.1, 0.15) is 5.00 Å². The summed E-state index contributed by atoms with van der Waals surface area (Å²) in [6, 6.07) is 10.2. The molecule has 2 aromatic rings. The van der Waals surface area contributed by atoms with E-state index in [1.54, 1.807) is 6.92 Å². The van der Waals surface area contributed by atoms with Gasteiger partial charge in [-0.1, -0.05) is 30.3 Å². The Morgan fingerprint density at radius 3 is 2.63 bits per heavy atom. The Bertz CT molecular complexity index is 859. The molecule has 3 rings (SSSR count). The molecule has 1 heterocycles. The molecule has 27 heavy (non-hydrogen) atoms. The number of esters is 2. The number of amides is 1. The third-order valence-electron chi connectivity index (χ3n) is 4.61. The minimum atomic E-state index is -1.00. The quantitative estimate of drug-likeness (QED) is 0.643. The zero-order chi connectivity index (χ0) is 19.4. The Labute approximate surface area is 161 Å². The minimum Gasteiger partial charge on any atom is -0.462 e. The van der Waals surface area contributed by atoms with Crippen molar-refractivity contribution in [2.75, 3.05) is 19.0 Å². The normalized spacial score (nSPS) is 15.6. The molecule has 1 N–H and O–H groups in total. The number of carbonyl (C=O) groups excluding carboxylic acids is 3. The summed E-state index contributed by atoms with van der Waals surface area (Å²) in [5.74, 6) is -2.02. The average molecular weight is 387 g/mol. The first kappa shape index (κ1) is 19.1. The maximum Gasteiger partial charge on any atom is 0.396 e. The Balaban J connectivity index is 1.93. The smallest absolute Gasteiger partial charge is 0.396 e. The summed E-state index contributed by atoms with van der Waals surface area (Å²) in [4.78, 5) is 36.9. The van der Waals surface area contributed by atoms with Crippen molar-refractivity contribution in [3.63, 3.8) is 0 Å². The predicted octanol–water partition coefficient (Wildman–Crippen LogP) is 3.31. The summed E-state index contributed by atoms with van der Waals surface area (Å²) in [6.07, 6.45) is 2.41. The highest BCUT2D eigenvalue weighted by Crippen LogP contribution is 2.42. The van der Waals surface area contributed by atoms with E-state index in [0.29, 0.717) is 22.9 Å². The number of rotatable bonds is 4. The van der Waals surface area contributed by atoms with Crippen LogP contribution < -0.4 is 5.32 Å². The van der Waals surface area contributed by atoms with E-state index in [-0.39, 0.29) is 6.61 Å². The van der Waals surface area contributed by atoms with E-state index in [2.05, 4.69) is 22.2 Å². The molecule has 1 aromatic carbocycles. The first-order valence-electron chi connectivity index (χ1n) is 8.81. The summed E-state index contributed by atoms with van der Waals surface area (Å²) in [5, 5.41) is 2.87. The fourth-order valence-electron chi connectivity index (χ4n) is 3.35. The van der Waals surface area contributed by atoms with Crippen molar-refractivity contribution >= 4 is 34.2 Å². The molecule has 1 amide bonds. The van der Waals surface area contributed by atoms with Gasteiger partial charge in [0, 0.05) is 4.88 Å². The second kappa shape index (κ2) is 8.35. The minimum absolute atomic E-state index is 0.237. The van der Waals surface area contributed by atoms with Crippen LogP contribution in [0.5, 0.6) is 0 Å². The van der Waals surface area contributed by atoms with Gasteiger partial charge in [0.15, 0.2) is 0 Å². The number of methoxy groups -OCH3 is 1. The van der Waals surface area contributed by atoms with E-state index in [4.69, 9.17) is 4.74 Å². The van der Waals surface area contributed by atoms with E-state index >= 15 is 0 Å². The van der Waals surface area contributed by atoms with E-state index in [1.807, 2.05) is 18.2 Å². The molecular weight excluding hydrogens is 366 g/mol. The van der Waals surface area contributed by atoms with Gasteiger partial charge in [-0.3, -0.25) is 4.79 Å². The molecule has 1 aromatic heterocycles. The average Bonchev–Trinajstić information content (AvgIpc) is 3.05. The molecular formula is C20H21NO5S. The fraction of sp³-hybridized carbons (Fsp3) is 0.350. The van der Waals surface area contributed by atoms with Crippen LogP contribution in [0.25, 0.3) is 0 Å². The first-order chi connectivity index (χ1) is 13.0. The number of ether oxygens (including phenoxy) is 2. The monoisotopic (exact) mass is 387 g/mol. The maximum atomic E-state index is 12.5. The molecule has 1 atom stereocenters. The summed E-state index contributed by atoms with van der Waals surface area (Å²) >= 11 is 1.33. The Kier molecular flexibility index (Phi) is 5.91. The molecule has 1 aliphatic carbocycles. The third-order valence-corrected chi connectivity index (χ3v) is 5.78. The predicted molar refractivity (Wildman–Crippen MR) is 102 cm³/mol. The molecule has 0 aliphatic heterocycles. The lowest BCUT2D eigenvalue weighted by Crippen LogP contribution is -2.24. The second-order valence-electron chi connectivity index (χ2n) is 6.22. The van der Waals surface area contributed by atoms with Crippen molar-refractivity contribution in [3.05, 3.63) is 51.9 Å². The molecule has 7 heteroatoms. The molecule has 0 unspecified atom stereocenters. The van der Waals surface area contributed by atoms with Gasteiger partial charge in [0.05, 0.1) is 19.3 Å². The van der Waals surface area contributed by atoms with Crippen LogP contribution in [0.15, 0.2) is 30.3 Å². The van der Waals surface area contributed by atoms with E-state index in [0.717, 1.165) is 30.4 Å². The van der Waals surface area contributed by atoms with Gasteiger partial charge in [-0.2, -0.15) is 0 Å². The van der Waals surface area contributed by atoms with Crippen LogP contribution in [0.4, 0.5) is 5.00 Å². The molecule has 0 saturated heterocycles. The van der Waals surface area contributed by atoms with Crippen molar-refractivity contribution < 1.29 is 23.9 Å². The number of carbonyl (C=O) groups is 3. The number of thiophene rings is 1. The van der Waals surface area contributed by atoms with Crippen LogP contribution in [0, 0.1) is 0 Å². The zero-order valence-electron chi connectivity index (χ0n) is 15.2. The molecule has 0 bridgehead atoms. The number of anilines is 1. The lowest BCUT2D eigenvalue weighted by atomic mass is 9.83. The summed E-state index contributed by atoms with van der Waals surface area (Å²) in [6.45, 7) is 1.97. The van der Waals surface area contributed by atoms with Gasteiger partial charge in [-0.05, 0) is 43.2 Å². The van der Waals surface area contributed by atoms with Crippen LogP contribution in [0.3, 0.4) is 0 Å². The van der Waals surface area contributed by atoms with Crippen molar-refractivity contribution in [2.24, 2.45) is 0 Å². The summed E-state index contributed by atoms with van der Waals surface area (Å²) in [7, 11) is 1.14. The lowest BCUT2D eigenvalue weighted by Gasteiger charge is -2.23. The van der Waals surface area contributed by atoms with Crippen molar-refractivity contribution in [1.82, 2.24) is 0 Å². The largest absolute Gasteiger partial charge is 0.462 e. The fourth-order valence-corrected chi connectivity index (χ4v) is 4.66. The van der Waals surface area contributed by atoms with Gasteiger partial charge < -0.3 is 14.8 Å². The Morgan fingerprint density at radius 2 is 1.96 bits per heavy atom. The topological polar surface area (TPSA) is 81.7 Å². The van der Waals surface area contributed by atoms with Crippen LogP contribution in [-0.2, 0) is 31.9 Å². The Hall–Kier alpha value is -2.67. The van der Waals surface area contributed by atoms with Gasteiger partial charge in [-0.15, -0.1) is 11.3 Å². The van der Waals surface area contributed by atoms with Crippen LogP contribution in [0.1, 0.15) is 45.6 Å². The second-order valence-corrected chi connectivity index (χ2v) is 7.33. The summed E-state index contributed by atoms with van der Waals surface area (Å²) in [5.41, 5.74) is 2.53. The number of nitrogens with one attached hydrogen (secondary N) is 1. The highest BCUT2D eigenvalue weighted by atomic mass is 32.1. The highest BCUT2D eigenvalue weighted by Gasteiger charge is 2.31. The maximum absolute atomic E-state index is 12.5. The highest BCUT2D eigenvalue weighted by molar-refractivity contribution is 7.17. The number of fused-ring (bicyclic) bond motifs is 1. The van der Waals surface area contributed by atoms with E-state index < -0.39 is 17.8 Å². The molecule has 1 aliphatic rings. The number of hydrogen-bond acceptors (Lipinski definition) is 6. The van der Waals surface area contributed by atoms with Crippen LogP contribution in [0.2, 0.25) is 0 Å². The standard InChI is InChI=1S/C20H21NO5S/c1-3-26-19(23)16-14-10-9-13(12-7-5-4-6-8-12)11-15(14)27-18(16)21-17(22)20(24)25-2/h4-8,13H,3,9-11H2,1-2H3,(H,21,22)/t13-/m0/s1. The molecule has 6 nitrogen and oxygen atoms in total. The molecule has 0 spiro atoms. The van der Waals surface area contributed by atoms with Gasteiger partial charge in [0.25, 0.3) is 0 Å². The SMILES string of the molecule is CCOC(=O)c1c(NC(=O)C(=O)OC)sc2c1CC[C@H](c1ccccc1)C2. The zero-order valence-corrected chi connectivity index (χ0v) is 16.1. The van der Waals surface area contributed by atoms with Gasteiger partial charge in [-0.25, -0.2) is 9.59 Å².